The summed E-state index contributed by atoms with van der Waals surface area (Å²) in [5, 5.41) is 17.9. The number of likely N-dealkylation sites (tertiary alicyclic amines) is 1. The minimum atomic E-state index is 0.325. The van der Waals surface area contributed by atoms with E-state index < -0.39 is 0 Å². The lowest BCUT2D eigenvalue weighted by Crippen LogP contribution is -2.41. The first-order chi connectivity index (χ1) is 7.25. The number of aromatic nitrogens is 2. The van der Waals surface area contributed by atoms with Gasteiger partial charge in [0.1, 0.15) is 5.75 Å². The van der Waals surface area contributed by atoms with E-state index in [1.165, 1.54) is 0 Å². The third kappa shape index (κ3) is 1.22. The average molecular weight is 203 g/mol. The summed E-state index contributed by atoms with van der Waals surface area (Å²) in [4.78, 5) is 2.25. The number of aromatic amines is 1. The molecule has 0 aliphatic carbocycles. The Hall–Kier alpha value is -1.55. The van der Waals surface area contributed by atoms with Crippen molar-refractivity contribution in [2.24, 2.45) is 0 Å². The molecule has 2 aromatic rings. The molecule has 0 radical (unpaired) electrons. The first kappa shape index (κ1) is 8.73. The number of likely N-dealkylation sites (N-methyl/N-ethyl adjacent to an activating group) is 1. The van der Waals surface area contributed by atoms with E-state index in [0.717, 1.165) is 29.7 Å². The molecule has 1 saturated heterocycles. The third-order valence-electron chi connectivity index (χ3n) is 3.06. The standard InChI is InChI=1S/C11H13N3O/c1-14-5-7(6-14)11-10-8(12-13-11)3-2-4-9(10)15/h2-4,7,15H,5-6H2,1H3,(H,12,13). The van der Waals surface area contributed by atoms with Crippen LogP contribution in [0.25, 0.3) is 10.9 Å². The summed E-state index contributed by atoms with van der Waals surface area (Å²) < 4.78 is 0. The van der Waals surface area contributed by atoms with Crippen LogP contribution in [0, 0.1) is 0 Å². The van der Waals surface area contributed by atoms with Gasteiger partial charge in [0, 0.05) is 19.0 Å². The van der Waals surface area contributed by atoms with Gasteiger partial charge in [0.25, 0.3) is 0 Å². The van der Waals surface area contributed by atoms with Crippen LogP contribution >= 0.6 is 0 Å². The molecule has 1 aliphatic heterocycles. The lowest BCUT2D eigenvalue weighted by atomic mass is 9.94. The van der Waals surface area contributed by atoms with Crippen LogP contribution in [0.5, 0.6) is 5.75 Å². The van der Waals surface area contributed by atoms with Gasteiger partial charge in [-0.05, 0) is 19.2 Å². The molecular weight excluding hydrogens is 190 g/mol. The number of H-pyrrole nitrogens is 1. The summed E-state index contributed by atoms with van der Waals surface area (Å²) in [5.41, 5.74) is 1.92. The van der Waals surface area contributed by atoms with E-state index >= 15 is 0 Å². The van der Waals surface area contributed by atoms with Crippen LogP contribution < -0.4 is 0 Å². The fourth-order valence-corrected chi connectivity index (χ4v) is 2.25. The lowest BCUT2D eigenvalue weighted by Gasteiger charge is -2.35. The molecule has 0 bridgehead atoms. The molecular formula is C11H13N3O. The summed E-state index contributed by atoms with van der Waals surface area (Å²) in [6, 6.07) is 5.44. The normalized spacial score (nSPS) is 18.2. The van der Waals surface area contributed by atoms with Crippen LogP contribution in [0.15, 0.2) is 18.2 Å². The largest absolute Gasteiger partial charge is 0.507 e. The van der Waals surface area contributed by atoms with E-state index in [1.807, 2.05) is 12.1 Å². The zero-order valence-electron chi connectivity index (χ0n) is 8.57. The molecule has 0 unspecified atom stereocenters. The van der Waals surface area contributed by atoms with E-state index in [1.54, 1.807) is 6.07 Å². The Kier molecular flexibility index (Phi) is 1.73. The first-order valence-corrected chi connectivity index (χ1v) is 5.10. The summed E-state index contributed by atoms with van der Waals surface area (Å²) in [7, 11) is 2.09. The summed E-state index contributed by atoms with van der Waals surface area (Å²) in [5.74, 6) is 0.805. The summed E-state index contributed by atoms with van der Waals surface area (Å²) >= 11 is 0. The Morgan fingerprint density at radius 2 is 2.27 bits per heavy atom. The first-order valence-electron chi connectivity index (χ1n) is 5.10. The maximum Gasteiger partial charge on any atom is 0.126 e. The van der Waals surface area contributed by atoms with Crippen LogP contribution in [0.4, 0.5) is 0 Å². The van der Waals surface area contributed by atoms with Crippen molar-refractivity contribution in [3.63, 3.8) is 0 Å². The van der Waals surface area contributed by atoms with Crippen molar-refractivity contribution in [1.82, 2.24) is 15.1 Å². The van der Waals surface area contributed by atoms with E-state index in [4.69, 9.17) is 0 Å². The number of aromatic hydroxyl groups is 1. The molecule has 3 rings (SSSR count). The highest BCUT2D eigenvalue weighted by Gasteiger charge is 2.28. The molecule has 0 saturated carbocycles. The van der Waals surface area contributed by atoms with Gasteiger partial charge in [-0.1, -0.05) is 6.07 Å². The molecule has 2 heterocycles. The van der Waals surface area contributed by atoms with Gasteiger partial charge < -0.3 is 10.0 Å². The van der Waals surface area contributed by atoms with Gasteiger partial charge in [-0.2, -0.15) is 5.10 Å². The fraction of sp³-hybridized carbons (Fsp3) is 0.364. The Bertz CT molecular complexity index is 500. The SMILES string of the molecule is CN1CC(c2[nH]nc3cccc(O)c23)C1. The van der Waals surface area contributed by atoms with Gasteiger partial charge in [-0.15, -0.1) is 0 Å². The number of fused-ring (bicyclic) bond motifs is 1. The van der Waals surface area contributed by atoms with Crippen molar-refractivity contribution in [1.29, 1.82) is 0 Å². The van der Waals surface area contributed by atoms with Gasteiger partial charge in [0.2, 0.25) is 0 Å². The highest BCUT2D eigenvalue weighted by Crippen LogP contribution is 2.34. The van der Waals surface area contributed by atoms with Crippen LogP contribution in [0.3, 0.4) is 0 Å². The molecule has 4 heteroatoms. The number of nitrogens with zero attached hydrogens (tertiary/aromatic N) is 2. The molecule has 1 aromatic carbocycles. The zero-order chi connectivity index (χ0) is 10.4. The van der Waals surface area contributed by atoms with E-state index in [9.17, 15) is 5.11 Å². The van der Waals surface area contributed by atoms with Gasteiger partial charge in [-0.3, -0.25) is 5.10 Å². The Balaban J connectivity index is 2.11. The monoisotopic (exact) mass is 203 g/mol. The maximum atomic E-state index is 9.80. The Morgan fingerprint density at radius 1 is 1.47 bits per heavy atom. The van der Waals surface area contributed by atoms with Crippen molar-refractivity contribution in [2.45, 2.75) is 5.92 Å². The van der Waals surface area contributed by atoms with Crippen molar-refractivity contribution >= 4 is 10.9 Å². The van der Waals surface area contributed by atoms with Crippen molar-refractivity contribution < 1.29 is 5.11 Å². The zero-order valence-corrected chi connectivity index (χ0v) is 8.57. The molecule has 15 heavy (non-hydrogen) atoms. The number of benzene rings is 1. The molecule has 4 nitrogen and oxygen atoms in total. The van der Waals surface area contributed by atoms with Gasteiger partial charge in [0.05, 0.1) is 16.6 Å². The van der Waals surface area contributed by atoms with Gasteiger partial charge in [0.15, 0.2) is 0 Å². The summed E-state index contributed by atoms with van der Waals surface area (Å²) in [6.07, 6.45) is 0. The van der Waals surface area contributed by atoms with Gasteiger partial charge in [-0.25, -0.2) is 0 Å². The topological polar surface area (TPSA) is 52.2 Å². The number of rotatable bonds is 1. The quantitative estimate of drug-likeness (QED) is 0.734. The van der Waals surface area contributed by atoms with E-state index in [-0.39, 0.29) is 0 Å². The van der Waals surface area contributed by atoms with E-state index in [0.29, 0.717) is 11.7 Å². The summed E-state index contributed by atoms with van der Waals surface area (Å²) in [6.45, 7) is 2.07. The van der Waals surface area contributed by atoms with Crippen LogP contribution in [-0.2, 0) is 0 Å². The Morgan fingerprint density at radius 3 is 3.00 bits per heavy atom. The van der Waals surface area contributed by atoms with Crippen LogP contribution in [0.1, 0.15) is 11.6 Å². The molecule has 1 fully saturated rings. The van der Waals surface area contributed by atoms with Crippen molar-refractivity contribution in [3.8, 4) is 5.75 Å². The molecule has 1 aliphatic rings. The molecule has 1 aromatic heterocycles. The second kappa shape index (κ2) is 2.97. The lowest BCUT2D eigenvalue weighted by molar-refractivity contribution is 0.187. The van der Waals surface area contributed by atoms with Crippen LogP contribution in [0.2, 0.25) is 0 Å². The predicted octanol–water partition coefficient (Wildman–Crippen LogP) is 1.30. The van der Waals surface area contributed by atoms with Gasteiger partial charge >= 0.3 is 0 Å². The highest BCUT2D eigenvalue weighted by molar-refractivity contribution is 5.87. The third-order valence-corrected chi connectivity index (χ3v) is 3.06. The molecule has 2 N–H and O–H groups in total. The molecule has 0 atom stereocenters. The van der Waals surface area contributed by atoms with Crippen LogP contribution in [-0.4, -0.2) is 40.3 Å². The molecule has 0 spiro atoms. The van der Waals surface area contributed by atoms with Crippen molar-refractivity contribution in [3.05, 3.63) is 23.9 Å². The highest BCUT2D eigenvalue weighted by atomic mass is 16.3. The molecule has 0 amide bonds. The average Bonchev–Trinajstić information content (AvgIpc) is 2.58. The van der Waals surface area contributed by atoms with E-state index in [2.05, 4.69) is 22.1 Å². The minimum absolute atomic E-state index is 0.325. The second-order valence-corrected chi connectivity index (χ2v) is 4.23. The number of phenolic OH excluding ortho intramolecular Hbond substituents is 1. The number of phenols is 1. The fourth-order valence-electron chi connectivity index (χ4n) is 2.25. The maximum absolute atomic E-state index is 9.80. The molecule has 78 valence electrons. The predicted molar refractivity (Wildman–Crippen MR) is 58.0 cm³/mol. The number of hydrogen-bond donors (Lipinski definition) is 2. The smallest absolute Gasteiger partial charge is 0.126 e. The Labute approximate surface area is 87.5 Å². The minimum Gasteiger partial charge on any atom is -0.507 e. The number of nitrogens with one attached hydrogen (secondary N) is 1. The number of hydrogen-bond acceptors (Lipinski definition) is 3. The van der Waals surface area contributed by atoms with Crippen molar-refractivity contribution in [2.75, 3.05) is 20.1 Å². The second-order valence-electron chi connectivity index (χ2n) is 4.23.